The van der Waals surface area contributed by atoms with Crippen molar-refractivity contribution in [3.8, 4) is 0 Å². The lowest BCUT2D eigenvalue weighted by Crippen LogP contribution is -1.99. The Morgan fingerprint density at radius 1 is 1.73 bits per heavy atom. The summed E-state index contributed by atoms with van der Waals surface area (Å²) >= 11 is 0. The van der Waals surface area contributed by atoms with Gasteiger partial charge in [-0.15, -0.1) is 0 Å². The molecule has 0 radical (unpaired) electrons. The molecular weight excluding hydrogens is 144 g/mol. The van der Waals surface area contributed by atoms with Crippen molar-refractivity contribution in [3.05, 3.63) is 23.5 Å². The first kappa shape index (κ1) is 7.81. The molecule has 1 aromatic heterocycles. The van der Waals surface area contributed by atoms with E-state index in [0.29, 0.717) is 12.2 Å². The smallest absolute Gasteiger partial charge is 0.309 e. The predicted molar refractivity (Wildman–Crippen MR) is 40.0 cm³/mol. The van der Waals surface area contributed by atoms with Crippen LogP contribution in [0.25, 0.3) is 0 Å². The molecule has 1 aromatic rings. The summed E-state index contributed by atoms with van der Waals surface area (Å²) in [5.41, 5.74) is 6.95. The van der Waals surface area contributed by atoms with Gasteiger partial charge in [0.2, 0.25) is 0 Å². The van der Waals surface area contributed by atoms with Crippen LogP contribution in [0.4, 0.5) is 0 Å². The third-order valence-electron chi connectivity index (χ3n) is 1.38. The molecule has 0 spiro atoms. The fourth-order valence-corrected chi connectivity index (χ4v) is 0.875. The Kier molecular flexibility index (Phi) is 2.28. The highest BCUT2D eigenvalue weighted by Gasteiger charge is 2.01. The molecule has 4 N–H and O–H groups in total. The molecule has 11 heavy (non-hydrogen) atoms. The minimum atomic E-state index is -0.838. The zero-order chi connectivity index (χ0) is 8.27. The Morgan fingerprint density at radius 3 is 2.91 bits per heavy atom. The van der Waals surface area contributed by atoms with Crippen LogP contribution in [0, 0.1) is 0 Å². The van der Waals surface area contributed by atoms with Crippen LogP contribution in [0.2, 0.25) is 0 Å². The van der Waals surface area contributed by atoms with E-state index in [2.05, 4.69) is 4.98 Å². The fourth-order valence-electron chi connectivity index (χ4n) is 0.875. The molecule has 0 amide bonds. The first-order valence-electron chi connectivity index (χ1n) is 3.30. The number of hydrogen-bond donors (Lipinski definition) is 3. The molecule has 0 bridgehead atoms. The van der Waals surface area contributed by atoms with E-state index in [4.69, 9.17) is 10.8 Å². The van der Waals surface area contributed by atoms with E-state index in [1.54, 1.807) is 12.3 Å². The second-order valence-corrected chi connectivity index (χ2v) is 2.31. The van der Waals surface area contributed by atoms with Gasteiger partial charge in [-0.05, 0) is 11.6 Å². The third-order valence-corrected chi connectivity index (χ3v) is 1.38. The van der Waals surface area contributed by atoms with Crippen molar-refractivity contribution in [1.29, 1.82) is 0 Å². The number of nitrogens with two attached hydrogens (primary N) is 1. The maximum Gasteiger partial charge on any atom is 0.309 e. The lowest BCUT2D eigenvalue weighted by atomic mass is 10.2. The summed E-state index contributed by atoms with van der Waals surface area (Å²) in [4.78, 5) is 13.0. The molecule has 0 aliphatic carbocycles. The van der Waals surface area contributed by atoms with E-state index in [0.717, 1.165) is 5.56 Å². The van der Waals surface area contributed by atoms with Gasteiger partial charge in [0, 0.05) is 18.4 Å². The number of rotatable bonds is 3. The topological polar surface area (TPSA) is 79.1 Å². The Morgan fingerprint density at radius 2 is 2.45 bits per heavy atom. The van der Waals surface area contributed by atoms with Gasteiger partial charge < -0.3 is 15.8 Å². The molecule has 4 nitrogen and oxygen atoms in total. The molecule has 0 saturated heterocycles. The Bertz CT molecular complexity index is 255. The van der Waals surface area contributed by atoms with Crippen molar-refractivity contribution < 1.29 is 9.90 Å². The van der Waals surface area contributed by atoms with Crippen LogP contribution < -0.4 is 5.73 Å². The van der Waals surface area contributed by atoms with Crippen molar-refractivity contribution in [2.24, 2.45) is 5.73 Å². The summed E-state index contributed by atoms with van der Waals surface area (Å²) < 4.78 is 0. The summed E-state index contributed by atoms with van der Waals surface area (Å²) in [6, 6.07) is 1.76. The highest BCUT2D eigenvalue weighted by atomic mass is 16.4. The van der Waals surface area contributed by atoms with Crippen molar-refractivity contribution in [2.45, 2.75) is 13.0 Å². The first-order chi connectivity index (χ1) is 5.22. The number of aromatic amines is 1. The quantitative estimate of drug-likeness (QED) is 0.577. The second kappa shape index (κ2) is 3.21. The van der Waals surface area contributed by atoms with E-state index in [-0.39, 0.29) is 6.42 Å². The van der Waals surface area contributed by atoms with Crippen LogP contribution >= 0.6 is 0 Å². The average Bonchev–Trinajstić information content (AvgIpc) is 2.34. The highest BCUT2D eigenvalue weighted by Crippen LogP contribution is 2.02. The number of H-pyrrole nitrogens is 1. The van der Waals surface area contributed by atoms with Gasteiger partial charge in [0.1, 0.15) is 0 Å². The van der Waals surface area contributed by atoms with Crippen LogP contribution in [0.3, 0.4) is 0 Å². The molecule has 0 unspecified atom stereocenters. The van der Waals surface area contributed by atoms with Crippen molar-refractivity contribution in [2.75, 3.05) is 0 Å². The number of hydrogen-bond acceptors (Lipinski definition) is 2. The van der Waals surface area contributed by atoms with Crippen molar-refractivity contribution >= 4 is 5.97 Å². The largest absolute Gasteiger partial charge is 0.481 e. The van der Waals surface area contributed by atoms with Gasteiger partial charge in [-0.1, -0.05) is 0 Å². The van der Waals surface area contributed by atoms with Gasteiger partial charge in [0.25, 0.3) is 0 Å². The fraction of sp³-hybridized carbons (Fsp3) is 0.286. The molecule has 0 aromatic carbocycles. The monoisotopic (exact) mass is 154 g/mol. The molecule has 0 saturated carbocycles. The SMILES string of the molecule is NCc1c[nH]c(CC(=O)O)c1. The minimum Gasteiger partial charge on any atom is -0.481 e. The Balaban J connectivity index is 2.65. The number of carbonyl (C=O) groups is 1. The molecule has 0 fully saturated rings. The third kappa shape index (κ3) is 2.09. The van der Waals surface area contributed by atoms with Gasteiger partial charge >= 0.3 is 5.97 Å². The van der Waals surface area contributed by atoms with E-state index < -0.39 is 5.97 Å². The van der Waals surface area contributed by atoms with Crippen LogP contribution in [0.1, 0.15) is 11.3 Å². The lowest BCUT2D eigenvalue weighted by Gasteiger charge is -1.87. The number of carboxylic acid groups (broad SMARTS) is 1. The molecule has 4 heteroatoms. The maximum absolute atomic E-state index is 10.2. The zero-order valence-electron chi connectivity index (χ0n) is 6.00. The molecule has 1 heterocycles. The van der Waals surface area contributed by atoms with Gasteiger partial charge in [0.15, 0.2) is 0 Å². The van der Waals surface area contributed by atoms with Crippen molar-refractivity contribution in [3.63, 3.8) is 0 Å². The van der Waals surface area contributed by atoms with Gasteiger partial charge in [-0.3, -0.25) is 4.79 Å². The number of carboxylic acids is 1. The van der Waals surface area contributed by atoms with Crippen LogP contribution in [-0.4, -0.2) is 16.1 Å². The number of nitrogens with one attached hydrogen (secondary N) is 1. The average molecular weight is 154 g/mol. The van der Waals surface area contributed by atoms with E-state index in [1.165, 1.54) is 0 Å². The summed E-state index contributed by atoms with van der Waals surface area (Å²) in [6.07, 6.45) is 1.75. The van der Waals surface area contributed by atoms with E-state index >= 15 is 0 Å². The van der Waals surface area contributed by atoms with Crippen LogP contribution in [-0.2, 0) is 17.8 Å². The first-order valence-corrected chi connectivity index (χ1v) is 3.30. The number of aromatic nitrogens is 1. The minimum absolute atomic E-state index is 0.0278. The standard InChI is InChI=1S/C7H10N2O2/c8-3-5-1-6(9-4-5)2-7(10)11/h1,4,9H,2-3,8H2,(H,10,11). The molecule has 0 atom stereocenters. The van der Waals surface area contributed by atoms with Gasteiger partial charge in [-0.25, -0.2) is 0 Å². The molecule has 1 rings (SSSR count). The molecule has 0 aliphatic heterocycles. The summed E-state index contributed by atoms with van der Waals surface area (Å²) in [7, 11) is 0. The maximum atomic E-state index is 10.2. The highest BCUT2D eigenvalue weighted by molar-refractivity contribution is 5.69. The predicted octanol–water partition coefficient (Wildman–Crippen LogP) is 0.100. The van der Waals surface area contributed by atoms with Gasteiger partial charge in [-0.2, -0.15) is 0 Å². The summed E-state index contributed by atoms with van der Waals surface area (Å²) in [5.74, 6) is -0.838. The second-order valence-electron chi connectivity index (χ2n) is 2.31. The van der Waals surface area contributed by atoms with Crippen molar-refractivity contribution in [1.82, 2.24) is 4.98 Å². The molecule has 0 aliphatic rings. The van der Waals surface area contributed by atoms with E-state index in [1.807, 2.05) is 0 Å². The van der Waals surface area contributed by atoms with Gasteiger partial charge in [0.05, 0.1) is 6.42 Å². The van der Waals surface area contributed by atoms with Crippen LogP contribution in [0.15, 0.2) is 12.3 Å². The van der Waals surface area contributed by atoms with Crippen LogP contribution in [0.5, 0.6) is 0 Å². The van der Waals surface area contributed by atoms with E-state index in [9.17, 15) is 4.79 Å². The molecular formula is C7H10N2O2. The molecule has 60 valence electrons. The summed E-state index contributed by atoms with van der Waals surface area (Å²) in [5, 5.41) is 8.40. The number of aliphatic carboxylic acids is 1. The Labute approximate surface area is 64.0 Å². The Hall–Kier alpha value is -1.29. The summed E-state index contributed by atoms with van der Waals surface area (Å²) in [6.45, 7) is 0.441. The lowest BCUT2D eigenvalue weighted by molar-refractivity contribution is -0.136. The zero-order valence-corrected chi connectivity index (χ0v) is 6.00. The normalized spacial score (nSPS) is 9.91.